The predicted octanol–water partition coefficient (Wildman–Crippen LogP) is 3.71. The van der Waals surface area contributed by atoms with E-state index in [2.05, 4.69) is 47.6 Å². The van der Waals surface area contributed by atoms with Crippen molar-refractivity contribution in [1.82, 2.24) is 0 Å². The van der Waals surface area contributed by atoms with Gasteiger partial charge in [0.25, 0.3) is 0 Å². The van der Waals surface area contributed by atoms with Crippen LogP contribution in [-0.2, 0) is 0 Å². The van der Waals surface area contributed by atoms with E-state index in [0.717, 1.165) is 0 Å². The van der Waals surface area contributed by atoms with Crippen LogP contribution in [-0.4, -0.2) is 11.2 Å². The molecule has 1 fully saturated rings. The second kappa shape index (κ2) is 5.21. The lowest BCUT2D eigenvalue weighted by atomic mass is 9.50. The Balaban J connectivity index is 3.15. The highest BCUT2D eigenvalue weighted by molar-refractivity contribution is 5.04. The second-order valence-corrected chi connectivity index (χ2v) is 6.88. The van der Waals surface area contributed by atoms with Gasteiger partial charge in [-0.25, -0.2) is 0 Å². The number of aliphatic hydroxyl groups is 1. The average Bonchev–Trinajstić information content (AvgIpc) is 2.38. The summed E-state index contributed by atoms with van der Waals surface area (Å²) in [4.78, 5) is 0. The first-order valence-electron chi connectivity index (χ1n) is 7.27. The first-order valence-corrected chi connectivity index (χ1v) is 7.27. The highest BCUT2D eigenvalue weighted by Crippen LogP contribution is 2.54. The zero-order chi connectivity index (χ0) is 14.2. The van der Waals surface area contributed by atoms with Crippen LogP contribution in [0.1, 0.15) is 48.5 Å². The molecule has 0 heterocycles. The van der Waals surface area contributed by atoms with Gasteiger partial charge in [0.15, 0.2) is 0 Å². The number of hydrogen-bond acceptors (Lipinski definition) is 2. The lowest BCUT2D eigenvalue weighted by Crippen LogP contribution is -2.56. The Morgan fingerprint density at radius 3 is 2.00 bits per heavy atom. The highest BCUT2D eigenvalue weighted by Gasteiger charge is 2.53. The van der Waals surface area contributed by atoms with E-state index in [0.29, 0.717) is 23.7 Å². The maximum absolute atomic E-state index is 10.8. The van der Waals surface area contributed by atoms with Crippen molar-refractivity contribution in [2.75, 3.05) is 0 Å². The van der Waals surface area contributed by atoms with Crippen molar-refractivity contribution in [3.63, 3.8) is 0 Å². The van der Waals surface area contributed by atoms with Crippen LogP contribution < -0.4 is 0 Å². The molecule has 0 aromatic rings. The molecule has 0 bridgehead atoms. The molecule has 0 radical (unpaired) electrons. The monoisotopic (exact) mass is 251 g/mol. The zero-order valence-corrected chi connectivity index (χ0v) is 12.9. The Morgan fingerprint density at radius 2 is 1.56 bits per heavy atom. The summed E-state index contributed by atoms with van der Waals surface area (Å²) in [5, 5.41) is 19.9. The van der Waals surface area contributed by atoms with Gasteiger partial charge in [0, 0.05) is 11.3 Å². The summed E-state index contributed by atoms with van der Waals surface area (Å²) in [6.45, 7) is 15.2. The van der Waals surface area contributed by atoms with Crippen LogP contribution in [0.5, 0.6) is 0 Å². The van der Waals surface area contributed by atoms with Crippen LogP contribution in [0.15, 0.2) is 0 Å². The van der Waals surface area contributed by atoms with Gasteiger partial charge >= 0.3 is 0 Å². The van der Waals surface area contributed by atoms with Gasteiger partial charge in [-0.05, 0) is 36.5 Å². The standard InChI is InChI=1S/C16H29NO/c1-9(8-17)13(5)16(7)14(6)11(3)10(2)12(4)15(16)18/h9-15,18H,1-7H3. The van der Waals surface area contributed by atoms with Gasteiger partial charge in [-0.1, -0.05) is 41.5 Å². The normalized spacial score (nSPS) is 48.3. The summed E-state index contributed by atoms with van der Waals surface area (Å²) in [5.41, 5.74) is -0.166. The van der Waals surface area contributed by atoms with Crippen molar-refractivity contribution in [1.29, 1.82) is 5.26 Å². The van der Waals surface area contributed by atoms with E-state index in [4.69, 9.17) is 0 Å². The lowest BCUT2D eigenvalue weighted by Gasteiger charge is -2.56. The van der Waals surface area contributed by atoms with Gasteiger partial charge in [-0.2, -0.15) is 5.26 Å². The predicted molar refractivity (Wildman–Crippen MR) is 74.7 cm³/mol. The molecule has 18 heavy (non-hydrogen) atoms. The summed E-state index contributed by atoms with van der Waals surface area (Å²) in [6, 6.07) is 2.36. The highest BCUT2D eigenvalue weighted by atomic mass is 16.3. The molecule has 8 unspecified atom stereocenters. The molecular formula is C16H29NO. The molecule has 2 heteroatoms. The van der Waals surface area contributed by atoms with E-state index in [1.54, 1.807) is 0 Å². The first kappa shape index (κ1) is 15.5. The number of hydrogen-bond donors (Lipinski definition) is 1. The molecule has 0 spiro atoms. The Morgan fingerprint density at radius 1 is 1.06 bits per heavy atom. The van der Waals surface area contributed by atoms with Crippen LogP contribution in [0.3, 0.4) is 0 Å². The lowest BCUT2D eigenvalue weighted by molar-refractivity contribution is -0.148. The summed E-state index contributed by atoms with van der Waals surface area (Å²) in [7, 11) is 0. The van der Waals surface area contributed by atoms with Crippen molar-refractivity contribution in [2.45, 2.75) is 54.6 Å². The van der Waals surface area contributed by atoms with E-state index in [-0.39, 0.29) is 23.4 Å². The quantitative estimate of drug-likeness (QED) is 0.813. The maximum atomic E-state index is 10.8. The number of nitrogens with zero attached hydrogens (tertiary/aromatic N) is 1. The molecular weight excluding hydrogens is 222 g/mol. The van der Waals surface area contributed by atoms with E-state index in [9.17, 15) is 10.4 Å². The van der Waals surface area contributed by atoms with Gasteiger partial charge in [0.1, 0.15) is 0 Å². The van der Waals surface area contributed by atoms with Crippen molar-refractivity contribution in [3.05, 3.63) is 0 Å². The van der Waals surface area contributed by atoms with Crippen molar-refractivity contribution < 1.29 is 5.11 Å². The van der Waals surface area contributed by atoms with Crippen LogP contribution >= 0.6 is 0 Å². The molecule has 104 valence electrons. The summed E-state index contributed by atoms with van der Waals surface area (Å²) in [6.07, 6.45) is -0.315. The Kier molecular flexibility index (Phi) is 4.49. The van der Waals surface area contributed by atoms with Crippen LogP contribution in [0, 0.1) is 52.3 Å². The fraction of sp³-hybridized carbons (Fsp3) is 0.938. The molecule has 1 aliphatic carbocycles. The molecule has 0 amide bonds. The third-order valence-electron chi connectivity index (χ3n) is 6.50. The van der Waals surface area contributed by atoms with Gasteiger partial charge in [-0.3, -0.25) is 0 Å². The molecule has 0 saturated heterocycles. The van der Waals surface area contributed by atoms with Crippen molar-refractivity contribution in [3.8, 4) is 6.07 Å². The van der Waals surface area contributed by atoms with Crippen LogP contribution in [0.4, 0.5) is 0 Å². The number of rotatable bonds is 2. The number of aliphatic hydroxyl groups excluding tert-OH is 1. The van der Waals surface area contributed by atoms with E-state index in [1.165, 1.54) is 0 Å². The fourth-order valence-electron chi connectivity index (χ4n) is 3.96. The molecule has 1 saturated carbocycles. The zero-order valence-electron chi connectivity index (χ0n) is 12.9. The molecule has 2 nitrogen and oxygen atoms in total. The molecule has 1 N–H and O–H groups in total. The Hall–Kier alpha value is -0.550. The third kappa shape index (κ3) is 2.07. The molecule has 0 aromatic carbocycles. The van der Waals surface area contributed by atoms with Gasteiger partial charge < -0.3 is 5.11 Å². The minimum Gasteiger partial charge on any atom is -0.392 e. The smallest absolute Gasteiger partial charge is 0.0655 e. The van der Waals surface area contributed by atoms with E-state index < -0.39 is 0 Å². The van der Waals surface area contributed by atoms with E-state index >= 15 is 0 Å². The van der Waals surface area contributed by atoms with Gasteiger partial charge in [-0.15, -0.1) is 0 Å². The van der Waals surface area contributed by atoms with Crippen LogP contribution in [0.25, 0.3) is 0 Å². The largest absolute Gasteiger partial charge is 0.392 e. The summed E-state index contributed by atoms with van der Waals surface area (Å²) >= 11 is 0. The Bertz CT molecular complexity index is 316. The molecule has 0 aliphatic heterocycles. The van der Waals surface area contributed by atoms with Crippen molar-refractivity contribution in [2.24, 2.45) is 40.9 Å². The molecule has 8 atom stereocenters. The third-order valence-corrected chi connectivity index (χ3v) is 6.50. The van der Waals surface area contributed by atoms with Crippen LogP contribution in [0.2, 0.25) is 0 Å². The van der Waals surface area contributed by atoms with Gasteiger partial charge in [0.05, 0.1) is 12.2 Å². The second-order valence-electron chi connectivity index (χ2n) is 6.88. The fourth-order valence-corrected chi connectivity index (χ4v) is 3.96. The van der Waals surface area contributed by atoms with Crippen molar-refractivity contribution >= 4 is 0 Å². The van der Waals surface area contributed by atoms with E-state index in [1.807, 2.05) is 6.92 Å². The minimum atomic E-state index is -0.315. The topological polar surface area (TPSA) is 44.0 Å². The number of nitriles is 1. The van der Waals surface area contributed by atoms with Gasteiger partial charge in [0.2, 0.25) is 0 Å². The maximum Gasteiger partial charge on any atom is 0.0655 e. The SMILES string of the molecule is CC(C#N)C(C)C1(C)C(C)C(C)C(C)C(C)C1O. The molecule has 0 aromatic heterocycles. The minimum absolute atomic E-state index is 0.0140. The Labute approximate surface area is 112 Å². The molecule has 1 aliphatic rings. The molecule has 1 rings (SSSR count). The first-order chi connectivity index (χ1) is 8.19. The summed E-state index contributed by atoms with van der Waals surface area (Å²) in [5.74, 6) is 2.05. The average molecular weight is 251 g/mol. The summed E-state index contributed by atoms with van der Waals surface area (Å²) < 4.78 is 0.